The summed E-state index contributed by atoms with van der Waals surface area (Å²) in [7, 11) is 0. The van der Waals surface area contributed by atoms with Crippen LogP contribution >= 0.6 is 15.9 Å². The van der Waals surface area contributed by atoms with Crippen molar-refractivity contribution in [1.82, 2.24) is 0 Å². The molecule has 1 aliphatic rings. The third-order valence-electron chi connectivity index (χ3n) is 7.23. The van der Waals surface area contributed by atoms with E-state index in [2.05, 4.69) is 132 Å². The Labute approximate surface area is 247 Å². The number of hydrogen-bond donors (Lipinski definition) is 1. The highest BCUT2D eigenvalue weighted by Gasteiger charge is 2.17. The van der Waals surface area contributed by atoms with Gasteiger partial charge in [0.2, 0.25) is 0 Å². The van der Waals surface area contributed by atoms with E-state index < -0.39 is 0 Å². The summed E-state index contributed by atoms with van der Waals surface area (Å²) in [5.74, 6) is -0.126. The van der Waals surface area contributed by atoms with E-state index in [9.17, 15) is 4.79 Å². The molecule has 4 rings (SSSR count). The van der Waals surface area contributed by atoms with Crippen molar-refractivity contribution in [2.45, 2.75) is 40.0 Å². The molecule has 0 radical (unpaired) electrons. The molecule has 3 aromatic carbocycles. The van der Waals surface area contributed by atoms with Gasteiger partial charge in [0.25, 0.3) is 0 Å². The molecule has 5 heteroatoms. The molecule has 0 spiro atoms. The van der Waals surface area contributed by atoms with E-state index in [1.165, 1.54) is 44.3 Å². The second-order valence-corrected chi connectivity index (χ2v) is 10.8. The lowest BCUT2D eigenvalue weighted by molar-refractivity contribution is -0.519. The molecule has 0 heterocycles. The summed E-state index contributed by atoms with van der Waals surface area (Å²) in [6, 6.07) is 21.8. The summed E-state index contributed by atoms with van der Waals surface area (Å²) in [5.41, 5.74) is 8.42. The van der Waals surface area contributed by atoms with Gasteiger partial charge in [0, 0.05) is 41.5 Å². The predicted octanol–water partition coefficient (Wildman–Crippen LogP) is 8.09. The standard InChI is InChI=1S/C35H39BrN2O2/c1-4-38(5-2)29-19-17-28(18-20-29)35(27-15-13-26(3)14-16-27)32-21-22-33(31-11-7-6-10-30(31)32)37-24-9-25-40-34(39)12-8-23-36/h6-7,10-11,13-22H,4-5,8-9,12,23-25H2,1-3H3/p+1. The van der Waals surface area contributed by atoms with Crippen LogP contribution in [0.4, 0.5) is 5.69 Å². The average molecular weight is 601 g/mol. The van der Waals surface area contributed by atoms with Crippen molar-refractivity contribution < 1.29 is 14.1 Å². The number of halogens is 1. The van der Waals surface area contributed by atoms with Gasteiger partial charge in [-0.3, -0.25) is 4.79 Å². The number of allylic oxidation sites excluding steroid dienone is 5. The van der Waals surface area contributed by atoms with Crippen molar-refractivity contribution in [1.29, 1.82) is 0 Å². The summed E-state index contributed by atoms with van der Waals surface area (Å²) in [6.07, 6.45) is 11.0. The molecule has 0 aromatic heterocycles. The first-order valence-electron chi connectivity index (χ1n) is 14.3. The van der Waals surface area contributed by atoms with E-state index in [1.807, 2.05) is 0 Å². The summed E-state index contributed by atoms with van der Waals surface area (Å²) < 4.78 is 7.73. The number of benzene rings is 3. The van der Waals surface area contributed by atoms with E-state index in [4.69, 9.17) is 4.74 Å². The van der Waals surface area contributed by atoms with Crippen LogP contribution in [0.3, 0.4) is 0 Å². The second kappa shape index (κ2) is 14.8. The van der Waals surface area contributed by atoms with Crippen molar-refractivity contribution in [2.24, 2.45) is 0 Å². The number of rotatable bonds is 12. The van der Waals surface area contributed by atoms with Gasteiger partial charge in [0.1, 0.15) is 13.1 Å². The topological polar surface area (TPSA) is 41.3 Å². The number of anilines is 1. The molecular formula is C35H40BrN2O2+. The maximum Gasteiger partial charge on any atom is 0.305 e. The number of fused-ring (bicyclic) bond motifs is 1. The fourth-order valence-corrected chi connectivity index (χ4v) is 5.34. The Hall–Kier alpha value is -3.44. The first-order chi connectivity index (χ1) is 19.5. The van der Waals surface area contributed by atoms with Gasteiger partial charge in [0.15, 0.2) is 5.71 Å². The van der Waals surface area contributed by atoms with Gasteiger partial charge in [-0.15, -0.1) is 0 Å². The first-order valence-corrected chi connectivity index (χ1v) is 15.4. The minimum atomic E-state index is -0.126. The highest BCUT2D eigenvalue weighted by atomic mass is 79.9. The van der Waals surface area contributed by atoms with Crippen LogP contribution in [0.15, 0.2) is 90.5 Å². The zero-order valence-electron chi connectivity index (χ0n) is 23.9. The molecule has 0 saturated carbocycles. The lowest BCUT2D eigenvalue weighted by atomic mass is 9.87. The smallest absolute Gasteiger partial charge is 0.305 e. The van der Waals surface area contributed by atoms with Crippen LogP contribution in [0.5, 0.6) is 0 Å². The Morgan fingerprint density at radius 1 is 0.875 bits per heavy atom. The van der Waals surface area contributed by atoms with Gasteiger partial charge >= 0.3 is 5.97 Å². The molecule has 208 valence electrons. The fourth-order valence-electron chi connectivity index (χ4n) is 5.06. The normalized spacial score (nSPS) is 12.6. The minimum Gasteiger partial charge on any atom is -0.466 e. The summed E-state index contributed by atoms with van der Waals surface area (Å²) in [5, 5.41) is 6.78. The fraction of sp³-hybridized carbons (Fsp3) is 0.314. The van der Waals surface area contributed by atoms with Gasteiger partial charge in [-0.05, 0) is 79.5 Å². The van der Waals surface area contributed by atoms with Crippen LogP contribution in [0.25, 0.3) is 16.3 Å². The number of carbonyl (C=O) groups is 1. The Morgan fingerprint density at radius 2 is 1.57 bits per heavy atom. The number of ether oxygens (including phenoxy) is 1. The quantitative estimate of drug-likeness (QED) is 0.0989. The van der Waals surface area contributed by atoms with Crippen LogP contribution in [0.2, 0.25) is 0 Å². The molecule has 3 aromatic rings. The molecule has 4 nitrogen and oxygen atoms in total. The molecule has 1 N–H and O–H groups in total. The molecule has 0 saturated heterocycles. The van der Waals surface area contributed by atoms with Crippen molar-refractivity contribution in [2.75, 3.05) is 36.9 Å². The number of nitrogens with one attached hydrogen (secondary N) is 1. The maximum atomic E-state index is 11.8. The molecule has 0 aliphatic heterocycles. The number of alkyl halides is 1. The van der Waals surface area contributed by atoms with Crippen LogP contribution in [0, 0.1) is 6.92 Å². The third-order valence-corrected chi connectivity index (χ3v) is 7.79. The van der Waals surface area contributed by atoms with E-state index in [0.717, 1.165) is 43.5 Å². The molecule has 1 aliphatic carbocycles. The van der Waals surface area contributed by atoms with Gasteiger partial charge in [0.05, 0.1) is 6.61 Å². The predicted molar refractivity (Wildman–Crippen MR) is 173 cm³/mol. The van der Waals surface area contributed by atoms with E-state index in [0.29, 0.717) is 13.0 Å². The van der Waals surface area contributed by atoms with E-state index in [1.54, 1.807) is 0 Å². The maximum absolute atomic E-state index is 11.8. The van der Waals surface area contributed by atoms with E-state index >= 15 is 0 Å². The average Bonchev–Trinajstić information content (AvgIpc) is 2.99. The van der Waals surface area contributed by atoms with Gasteiger partial charge < -0.3 is 10.1 Å². The molecular weight excluding hydrogens is 560 g/mol. The lowest BCUT2D eigenvalue weighted by Crippen LogP contribution is -2.19. The summed E-state index contributed by atoms with van der Waals surface area (Å²) in [6.45, 7) is 9.66. The Bertz CT molecular complexity index is 1420. The molecule has 0 fully saturated rings. The highest BCUT2D eigenvalue weighted by molar-refractivity contribution is 9.09. The van der Waals surface area contributed by atoms with E-state index in [-0.39, 0.29) is 5.97 Å². The molecule has 0 amide bonds. The SMILES string of the molecule is CC[N+](CC)=C1C=CC(=C(c2ccc(C)cc2)c2ccc(NCCCOC(=O)CCCBr)c3ccccc23)C=C1. The number of carbonyl (C=O) groups excluding carboxylic acids is 1. The Morgan fingerprint density at radius 3 is 2.25 bits per heavy atom. The number of aryl methyl sites for hydroxylation is 1. The van der Waals surface area contributed by atoms with Crippen molar-refractivity contribution in [3.63, 3.8) is 0 Å². The molecule has 40 heavy (non-hydrogen) atoms. The van der Waals surface area contributed by atoms with Crippen molar-refractivity contribution in [3.05, 3.63) is 107 Å². The van der Waals surface area contributed by atoms with Gasteiger partial charge in [-0.2, -0.15) is 0 Å². The minimum absolute atomic E-state index is 0.126. The van der Waals surface area contributed by atoms with Crippen LogP contribution in [-0.4, -0.2) is 47.8 Å². The second-order valence-electron chi connectivity index (χ2n) is 9.96. The monoisotopic (exact) mass is 599 g/mol. The lowest BCUT2D eigenvalue weighted by Gasteiger charge is -2.18. The Kier molecular flexibility index (Phi) is 10.9. The summed E-state index contributed by atoms with van der Waals surface area (Å²) in [4.78, 5) is 11.8. The first kappa shape index (κ1) is 29.5. The largest absolute Gasteiger partial charge is 0.466 e. The number of esters is 1. The van der Waals surface area contributed by atoms with Crippen molar-refractivity contribution in [3.8, 4) is 0 Å². The molecule has 0 atom stereocenters. The highest BCUT2D eigenvalue weighted by Crippen LogP contribution is 2.37. The number of hydrogen-bond acceptors (Lipinski definition) is 3. The van der Waals surface area contributed by atoms with Gasteiger partial charge in [-0.1, -0.05) is 76.1 Å². The summed E-state index contributed by atoms with van der Waals surface area (Å²) >= 11 is 3.35. The zero-order chi connectivity index (χ0) is 28.3. The van der Waals surface area contributed by atoms with Crippen LogP contribution in [-0.2, 0) is 9.53 Å². The zero-order valence-corrected chi connectivity index (χ0v) is 25.5. The Balaban J connectivity index is 1.66. The molecule has 0 unspecified atom stereocenters. The van der Waals surface area contributed by atoms with Crippen LogP contribution < -0.4 is 5.32 Å². The number of nitrogens with zero attached hydrogens (tertiary/aromatic N) is 1. The third kappa shape index (κ3) is 7.39. The van der Waals surface area contributed by atoms with Crippen molar-refractivity contribution >= 4 is 49.6 Å². The molecule has 0 bridgehead atoms. The van der Waals surface area contributed by atoms with Gasteiger partial charge in [-0.25, -0.2) is 4.58 Å². The van der Waals surface area contributed by atoms with Crippen LogP contribution in [0.1, 0.15) is 49.8 Å².